The maximum Gasteiger partial charge on any atom is 0.307 e. The van der Waals surface area contributed by atoms with Gasteiger partial charge in [0.25, 0.3) is 0 Å². The van der Waals surface area contributed by atoms with Gasteiger partial charge in [-0.2, -0.15) is 0 Å². The minimum atomic E-state index is -0.841. The molecule has 98 valence electrons. The average Bonchev–Trinajstić information content (AvgIpc) is 3.28. The lowest BCUT2D eigenvalue weighted by Crippen LogP contribution is -2.33. The molecule has 2 atom stereocenters. The van der Waals surface area contributed by atoms with Crippen molar-refractivity contribution in [2.75, 3.05) is 11.4 Å². The van der Waals surface area contributed by atoms with Gasteiger partial charge in [0, 0.05) is 17.6 Å². The van der Waals surface area contributed by atoms with Gasteiger partial charge in [-0.25, -0.2) is 0 Å². The Morgan fingerprint density at radius 2 is 1.95 bits per heavy atom. The van der Waals surface area contributed by atoms with E-state index in [2.05, 4.69) is 6.07 Å². The number of benzene rings is 1. The second-order valence-corrected chi connectivity index (χ2v) is 6.01. The first-order valence-electron chi connectivity index (χ1n) is 6.76. The molecule has 0 bridgehead atoms. The highest BCUT2D eigenvalue weighted by molar-refractivity contribution is 6.02. The average molecular weight is 257 g/mol. The van der Waals surface area contributed by atoms with Crippen LogP contribution >= 0.6 is 0 Å². The number of fused-ring (bicyclic) bond motifs is 2. The van der Waals surface area contributed by atoms with Gasteiger partial charge in [0.2, 0.25) is 5.91 Å². The first kappa shape index (κ1) is 11.0. The van der Waals surface area contributed by atoms with Gasteiger partial charge in [-0.15, -0.1) is 0 Å². The smallest absolute Gasteiger partial charge is 0.307 e. The number of rotatable bonds is 2. The van der Waals surface area contributed by atoms with Crippen LogP contribution in [0.1, 0.15) is 24.8 Å². The molecule has 1 N–H and O–H groups in total. The molecule has 1 aliphatic heterocycles. The van der Waals surface area contributed by atoms with Crippen molar-refractivity contribution in [1.82, 2.24) is 0 Å². The van der Waals surface area contributed by atoms with E-state index in [9.17, 15) is 9.59 Å². The molecule has 0 aromatic heterocycles. The van der Waals surface area contributed by atoms with E-state index in [1.54, 1.807) is 0 Å². The summed E-state index contributed by atoms with van der Waals surface area (Å²) in [5.74, 6) is -1.61. The van der Waals surface area contributed by atoms with Crippen LogP contribution in [-0.2, 0) is 15.0 Å². The molecule has 0 unspecified atom stereocenters. The minimum Gasteiger partial charge on any atom is -0.481 e. The predicted molar refractivity (Wildman–Crippen MR) is 68.9 cm³/mol. The number of carbonyl (C=O) groups is 2. The zero-order valence-corrected chi connectivity index (χ0v) is 10.5. The van der Waals surface area contributed by atoms with Gasteiger partial charge in [0.05, 0.1) is 11.8 Å². The van der Waals surface area contributed by atoms with Crippen LogP contribution in [0, 0.1) is 11.8 Å². The third-order valence-corrected chi connectivity index (χ3v) is 4.77. The summed E-state index contributed by atoms with van der Waals surface area (Å²) in [5, 5.41) is 8.95. The lowest BCUT2D eigenvalue weighted by atomic mass is 9.99. The van der Waals surface area contributed by atoms with Gasteiger partial charge in [-0.1, -0.05) is 18.2 Å². The van der Waals surface area contributed by atoms with E-state index in [0.717, 1.165) is 25.1 Å². The molecule has 2 saturated carbocycles. The Bertz CT molecular complexity index is 591. The van der Waals surface area contributed by atoms with E-state index in [1.165, 1.54) is 5.56 Å². The van der Waals surface area contributed by atoms with Gasteiger partial charge in [-0.05, 0) is 30.9 Å². The Morgan fingerprint density at radius 3 is 2.58 bits per heavy atom. The van der Waals surface area contributed by atoms with Crippen molar-refractivity contribution in [3.05, 3.63) is 29.8 Å². The number of carboxylic acids is 1. The van der Waals surface area contributed by atoms with E-state index < -0.39 is 11.9 Å². The van der Waals surface area contributed by atoms with E-state index >= 15 is 0 Å². The van der Waals surface area contributed by atoms with Crippen molar-refractivity contribution in [1.29, 1.82) is 0 Å². The van der Waals surface area contributed by atoms with Gasteiger partial charge in [0.15, 0.2) is 0 Å². The number of amides is 1. The second-order valence-electron chi connectivity index (χ2n) is 6.01. The van der Waals surface area contributed by atoms with Crippen LogP contribution in [0.2, 0.25) is 0 Å². The van der Waals surface area contributed by atoms with Crippen molar-refractivity contribution in [2.24, 2.45) is 11.8 Å². The molecule has 19 heavy (non-hydrogen) atoms. The van der Waals surface area contributed by atoms with E-state index in [1.807, 2.05) is 23.1 Å². The summed E-state index contributed by atoms with van der Waals surface area (Å²) < 4.78 is 0. The lowest BCUT2D eigenvalue weighted by molar-refractivity contribution is -0.140. The van der Waals surface area contributed by atoms with E-state index in [-0.39, 0.29) is 17.2 Å². The van der Waals surface area contributed by atoms with Crippen molar-refractivity contribution in [2.45, 2.75) is 24.7 Å². The van der Waals surface area contributed by atoms with Crippen LogP contribution in [-0.4, -0.2) is 23.5 Å². The van der Waals surface area contributed by atoms with Crippen LogP contribution in [0.15, 0.2) is 24.3 Å². The first-order valence-corrected chi connectivity index (χ1v) is 6.76. The molecule has 0 radical (unpaired) electrons. The normalized spacial score (nSPS) is 29.2. The predicted octanol–water partition coefficient (Wildman–Crippen LogP) is 1.79. The molecule has 4 rings (SSSR count). The molecule has 1 heterocycles. The molecule has 2 fully saturated rings. The standard InChI is InChI=1S/C15H15NO3/c17-13(9-7-10(9)14(18)19)16-8-15(5-6-15)11-3-1-2-4-12(11)16/h1-4,9-10H,5-8H2,(H,18,19)/t9-,10-/m1/s1. The molecule has 2 aliphatic carbocycles. The Morgan fingerprint density at radius 1 is 1.21 bits per heavy atom. The summed E-state index contributed by atoms with van der Waals surface area (Å²) in [4.78, 5) is 25.2. The molecule has 0 saturated heterocycles. The van der Waals surface area contributed by atoms with Crippen LogP contribution in [0.25, 0.3) is 0 Å². The third kappa shape index (κ3) is 1.46. The molecule has 1 aromatic rings. The number of hydrogen-bond acceptors (Lipinski definition) is 2. The zero-order valence-electron chi connectivity index (χ0n) is 10.5. The van der Waals surface area contributed by atoms with Gasteiger partial charge in [0.1, 0.15) is 0 Å². The number of carbonyl (C=O) groups excluding carboxylic acids is 1. The molecule has 1 aromatic carbocycles. The highest BCUT2D eigenvalue weighted by Gasteiger charge is 2.56. The zero-order chi connectivity index (χ0) is 13.2. The molecular weight excluding hydrogens is 242 g/mol. The van der Waals surface area contributed by atoms with Gasteiger partial charge >= 0.3 is 5.97 Å². The summed E-state index contributed by atoms with van der Waals surface area (Å²) in [6, 6.07) is 8.06. The molecular formula is C15H15NO3. The fraction of sp³-hybridized carbons (Fsp3) is 0.467. The largest absolute Gasteiger partial charge is 0.481 e. The monoisotopic (exact) mass is 257 g/mol. The number of aliphatic carboxylic acids is 1. The van der Waals surface area contributed by atoms with Crippen LogP contribution in [0.5, 0.6) is 0 Å². The number of carboxylic acid groups (broad SMARTS) is 1. The van der Waals surface area contributed by atoms with Crippen molar-refractivity contribution in [3.8, 4) is 0 Å². The maximum atomic E-state index is 12.5. The van der Waals surface area contributed by atoms with Gasteiger partial charge in [-0.3, -0.25) is 9.59 Å². The Hall–Kier alpha value is -1.84. The van der Waals surface area contributed by atoms with Crippen molar-refractivity contribution in [3.63, 3.8) is 0 Å². The quantitative estimate of drug-likeness (QED) is 0.878. The fourth-order valence-corrected chi connectivity index (χ4v) is 3.35. The topological polar surface area (TPSA) is 57.6 Å². The number of para-hydroxylation sites is 1. The highest BCUT2D eigenvalue weighted by atomic mass is 16.4. The van der Waals surface area contributed by atoms with Crippen molar-refractivity contribution < 1.29 is 14.7 Å². The van der Waals surface area contributed by atoms with Crippen LogP contribution in [0.3, 0.4) is 0 Å². The van der Waals surface area contributed by atoms with E-state index in [0.29, 0.717) is 6.42 Å². The number of nitrogens with zero attached hydrogens (tertiary/aromatic N) is 1. The van der Waals surface area contributed by atoms with Crippen LogP contribution < -0.4 is 4.90 Å². The summed E-state index contributed by atoms with van der Waals surface area (Å²) in [6.07, 6.45) is 2.78. The summed E-state index contributed by atoms with van der Waals surface area (Å²) in [5.41, 5.74) is 2.46. The maximum absolute atomic E-state index is 12.5. The van der Waals surface area contributed by atoms with E-state index in [4.69, 9.17) is 5.11 Å². The molecule has 4 nitrogen and oxygen atoms in total. The molecule has 4 heteroatoms. The SMILES string of the molecule is O=C(O)[C@@H]1C[C@H]1C(=O)N1CC2(CC2)c2ccccc21. The van der Waals surface area contributed by atoms with Crippen LogP contribution in [0.4, 0.5) is 5.69 Å². The Balaban J connectivity index is 1.64. The second kappa shape index (κ2) is 3.38. The minimum absolute atomic E-state index is 0.00336. The first-order chi connectivity index (χ1) is 9.12. The molecule has 3 aliphatic rings. The molecule has 1 amide bonds. The highest BCUT2D eigenvalue weighted by Crippen LogP contribution is 2.57. The lowest BCUT2D eigenvalue weighted by Gasteiger charge is -2.17. The Labute approximate surface area is 111 Å². The number of anilines is 1. The third-order valence-electron chi connectivity index (χ3n) is 4.77. The molecule has 1 spiro atoms. The fourth-order valence-electron chi connectivity index (χ4n) is 3.35. The number of hydrogen-bond donors (Lipinski definition) is 1. The summed E-state index contributed by atoms with van der Waals surface area (Å²) in [6.45, 7) is 0.744. The van der Waals surface area contributed by atoms with Crippen molar-refractivity contribution >= 4 is 17.6 Å². The Kier molecular flexibility index (Phi) is 1.96. The summed E-state index contributed by atoms with van der Waals surface area (Å²) >= 11 is 0. The van der Waals surface area contributed by atoms with Gasteiger partial charge < -0.3 is 10.0 Å². The summed E-state index contributed by atoms with van der Waals surface area (Å²) in [7, 11) is 0.